The fraction of sp³-hybridized carbons (Fsp3) is 0.286. The van der Waals surface area contributed by atoms with Crippen LogP contribution in [-0.4, -0.2) is 36.5 Å². The number of hydrogen-bond donors (Lipinski definition) is 0. The number of ether oxygens (including phenoxy) is 1. The summed E-state index contributed by atoms with van der Waals surface area (Å²) in [6.07, 6.45) is 2.63. The number of ketones is 1. The van der Waals surface area contributed by atoms with Crippen molar-refractivity contribution in [2.75, 3.05) is 25.1 Å². The second-order valence-corrected chi connectivity index (χ2v) is 6.50. The Bertz CT molecular complexity index is 971. The lowest BCUT2D eigenvalue weighted by atomic mass is 10.0. The molecule has 0 saturated carbocycles. The molecule has 0 radical (unpaired) electrons. The van der Waals surface area contributed by atoms with Crippen LogP contribution < -0.4 is 10.5 Å². The summed E-state index contributed by atoms with van der Waals surface area (Å²) in [5.74, 6) is -0.0666. The molecule has 3 rings (SSSR count). The number of aryl methyl sites for hydroxylation is 1. The molecule has 1 aliphatic heterocycles. The van der Waals surface area contributed by atoms with E-state index in [0.29, 0.717) is 30.0 Å². The number of benzene rings is 1. The van der Waals surface area contributed by atoms with Crippen LogP contribution in [0, 0.1) is 6.92 Å². The van der Waals surface area contributed by atoms with Crippen LogP contribution in [0.1, 0.15) is 34.0 Å². The van der Waals surface area contributed by atoms with Crippen molar-refractivity contribution in [3.05, 3.63) is 69.0 Å². The molecule has 2 heterocycles. The summed E-state index contributed by atoms with van der Waals surface area (Å²) in [6, 6.07) is 8.89. The molecule has 1 aromatic heterocycles. The van der Waals surface area contributed by atoms with Crippen molar-refractivity contribution in [3.8, 4) is 0 Å². The van der Waals surface area contributed by atoms with Crippen LogP contribution in [0.5, 0.6) is 0 Å². The smallest absolute Gasteiger partial charge is 0.330 e. The van der Waals surface area contributed by atoms with Gasteiger partial charge in [0.25, 0.3) is 5.56 Å². The lowest BCUT2D eigenvalue weighted by Crippen LogP contribution is -2.24. The highest BCUT2D eigenvalue weighted by Gasteiger charge is 2.26. The summed E-state index contributed by atoms with van der Waals surface area (Å²) in [5, 5.41) is 0. The molecule has 1 aromatic carbocycles. The third kappa shape index (κ3) is 3.69. The number of anilines is 1. The number of pyridine rings is 1. The second kappa shape index (κ2) is 7.61. The number of rotatable bonds is 5. The zero-order valence-electron chi connectivity index (χ0n) is 15.7. The Balaban J connectivity index is 2.10. The fourth-order valence-corrected chi connectivity index (χ4v) is 3.15. The maximum absolute atomic E-state index is 13.1. The zero-order chi connectivity index (χ0) is 19.6. The molecule has 0 aliphatic carbocycles. The molecular weight excluding hydrogens is 344 g/mol. The number of nitrogens with zero attached hydrogens (tertiary/aromatic N) is 2. The average Bonchev–Trinajstić information content (AvgIpc) is 3.04. The quantitative estimate of drug-likeness (QED) is 0.462. The van der Waals surface area contributed by atoms with E-state index in [4.69, 9.17) is 4.74 Å². The Morgan fingerprint density at radius 2 is 1.89 bits per heavy atom. The van der Waals surface area contributed by atoms with E-state index in [-0.39, 0.29) is 23.5 Å². The van der Waals surface area contributed by atoms with Gasteiger partial charge in [0.1, 0.15) is 5.82 Å². The van der Waals surface area contributed by atoms with Crippen LogP contribution in [0.25, 0.3) is 6.08 Å². The number of esters is 1. The zero-order valence-corrected chi connectivity index (χ0v) is 15.7. The lowest BCUT2D eigenvalue weighted by Gasteiger charge is -2.16. The van der Waals surface area contributed by atoms with Gasteiger partial charge in [0, 0.05) is 37.3 Å². The van der Waals surface area contributed by atoms with Crippen LogP contribution in [0.4, 0.5) is 5.82 Å². The Labute approximate surface area is 157 Å². The van der Waals surface area contributed by atoms with E-state index in [0.717, 1.165) is 5.56 Å². The predicted molar refractivity (Wildman–Crippen MR) is 104 cm³/mol. The van der Waals surface area contributed by atoms with Crippen LogP contribution in [-0.2, 0) is 16.1 Å². The van der Waals surface area contributed by atoms with E-state index in [9.17, 15) is 14.4 Å². The minimum absolute atomic E-state index is 0.154. The van der Waals surface area contributed by atoms with Gasteiger partial charge >= 0.3 is 5.97 Å². The summed E-state index contributed by atoms with van der Waals surface area (Å²) >= 11 is 0. The first-order valence-electron chi connectivity index (χ1n) is 8.87. The molecule has 1 aliphatic rings. The third-order valence-corrected chi connectivity index (χ3v) is 4.55. The van der Waals surface area contributed by atoms with Gasteiger partial charge < -0.3 is 9.64 Å². The molecule has 0 amide bonds. The topological polar surface area (TPSA) is 68.6 Å². The van der Waals surface area contributed by atoms with Crippen LogP contribution in [0.2, 0.25) is 0 Å². The molecular formula is C21H22N2O4. The molecule has 140 valence electrons. The molecule has 0 saturated heterocycles. The molecule has 0 bridgehead atoms. The van der Waals surface area contributed by atoms with Crippen molar-refractivity contribution < 1.29 is 14.3 Å². The van der Waals surface area contributed by atoms with Gasteiger partial charge in [-0.2, -0.15) is 0 Å². The molecule has 6 nitrogen and oxygen atoms in total. The van der Waals surface area contributed by atoms with E-state index >= 15 is 0 Å². The van der Waals surface area contributed by atoms with Crippen LogP contribution in [0.15, 0.2) is 41.2 Å². The Morgan fingerprint density at radius 3 is 2.56 bits per heavy atom. The normalized spacial score (nSPS) is 13.1. The first kappa shape index (κ1) is 18.6. The summed E-state index contributed by atoms with van der Waals surface area (Å²) in [6.45, 7) is 5.08. The highest BCUT2D eigenvalue weighted by molar-refractivity contribution is 6.12. The number of aromatic nitrogens is 1. The minimum atomic E-state index is -0.522. The average molecular weight is 366 g/mol. The van der Waals surface area contributed by atoms with Gasteiger partial charge in [-0.05, 0) is 26.0 Å². The van der Waals surface area contributed by atoms with Crippen molar-refractivity contribution in [1.82, 2.24) is 4.57 Å². The summed E-state index contributed by atoms with van der Waals surface area (Å²) in [5.41, 5.74) is 2.13. The van der Waals surface area contributed by atoms with Crippen molar-refractivity contribution >= 4 is 23.6 Å². The number of fused-ring (bicyclic) bond motifs is 1. The van der Waals surface area contributed by atoms with E-state index in [1.54, 1.807) is 29.7 Å². The van der Waals surface area contributed by atoms with Crippen molar-refractivity contribution in [2.24, 2.45) is 0 Å². The molecule has 0 N–H and O–H groups in total. The van der Waals surface area contributed by atoms with Gasteiger partial charge in [0.05, 0.1) is 12.2 Å². The molecule has 6 heteroatoms. The Kier molecular flexibility index (Phi) is 5.26. The predicted octanol–water partition coefficient (Wildman–Crippen LogP) is 2.41. The largest absolute Gasteiger partial charge is 0.463 e. The lowest BCUT2D eigenvalue weighted by molar-refractivity contribution is -0.137. The molecule has 0 unspecified atom stereocenters. The second-order valence-electron chi connectivity index (χ2n) is 6.50. The number of carbonyl (C=O) groups is 2. The summed E-state index contributed by atoms with van der Waals surface area (Å²) in [7, 11) is 1.86. The van der Waals surface area contributed by atoms with Crippen LogP contribution in [0.3, 0.4) is 0 Å². The molecule has 2 aromatic rings. The first-order chi connectivity index (χ1) is 12.9. The number of likely N-dealkylation sites (N-methyl/N-ethyl adjacent to an activating group) is 1. The minimum Gasteiger partial charge on any atom is -0.463 e. The maximum Gasteiger partial charge on any atom is 0.330 e. The third-order valence-electron chi connectivity index (χ3n) is 4.55. The van der Waals surface area contributed by atoms with Crippen LogP contribution >= 0.6 is 0 Å². The summed E-state index contributed by atoms with van der Waals surface area (Å²) in [4.78, 5) is 39.4. The number of hydrogen-bond acceptors (Lipinski definition) is 5. The first-order valence-corrected chi connectivity index (χ1v) is 8.87. The maximum atomic E-state index is 13.1. The monoisotopic (exact) mass is 366 g/mol. The molecule has 27 heavy (non-hydrogen) atoms. The van der Waals surface area contributed by atoms with E-state index in [2.05, 4.69) is 0 Å². The number of carbonyl (C=O) groups excluding carboxylic acids is 2. The standard InChI is InChI=1S/C21H22N2O4/c1-4-27-18(24)10-9-16-13-17(19(25)15-7-5-14(2)6-8-15)20-22(3)11-12-23(20)21(16)26/h5-10,13H,4,11-12H2,1-3H3/b10-9+. The van der Waals surface area contributed by atoms with E-state index in [1.807, 2.05) is 31.0 Å². The van der Waals surface area contributed by atoms with Gasteiger partial charge in [-0.15, -0.1) is 0 Å². The molecule has 0 fully saturated rings. The molecule has 0 spiro atoms. The SMILES string of the molecule is CCOC(=O)/C=C/c1cc(C(=O)c2ccc(C)cc2)c2n(c1=O)CCN2C. The van der Waals surface area contributed by atoms with Crippen molar-refractivity contribution in [2.45, 2.75) is 20.4 Å². The van der Waals surface area contributed by atoms with Gasteiger partial charge in [0.15, 0.2) is 5.78 Å². The highest BCUT2D eigenvalue weighted by Crippen LogP contribution is 2.26. The summed E-state index contributed by atoms with van der Waals surface area (Å²) < 4.78 is 6.45. The van der Waals surface area contributed by atoms with Gasteiger partial charge in [-0.25, -0.2) is 4.79 Å². The van der Waals surface area contributed by atoms with Crippen molar-refractivity contribution in [1.29, 1.82) is 0 Å². The Hall–Kier alpha value is -3.15. The van der Waals surface area contributed by atoms with Gasteiger partial charge in [0.2, 0.25) is 0 Å². The fourth-order valence-electron chi connectivity index (χ4n) is 3.15. The van der Waals surface area contributed by atoms with E-state index in [1.165, 1.54) is 12.2 Å². The van der Waals surface area contributed by atoms with Gasteiger partial charge in [-0.3, -0.25) is 14.2 Å². The highest BCUT2D eigenvalue weighted by atomic mass is 16.5. The van der Waals surface area contributed by atoms with Gasteiger partial charge in [-0.1, -0.05) is 29.8 Å². The molecule has 0 atom stereocenters. The van der Waals surface area contributed by atoms with Crippen molar-refractivity contribution in [3.63, 3.8) is 0 Å². The van der Waals surface area contributed by atoms with E-state index < -0.39 is 5.97 Å². The Morgan fingerprint density at radius 1 is 1.19 bits per heavy atom.